The van der Waals surface area contributed by atoms with Gasteiger partial charge in [0.1, 0.15) is 4.60 Å². The van der Waals surface area contributed by atoms with Crippen molar-refractivity contribution in [1.82, 2.24) is 9.97 Å². The van der Waals surface area contributed by atoms with E-state index in [0.29, 0.717) is 20.0 Å². The van der Waals surface area contributed by atoms with Gasteiger partial charge in [-0.25, -0.2) is 4.98 Å². The number of aromatic amines is 1. The largest absolute Gasteiger partial charge is 0.321 e. The smallest absolute Gasteiger partial charge is 0.270 e. The Kier molecular flexibility index (Phi) is 11.2. The molecule has 0 atom stereocenters. The molecule has 0 aliphatic rings. The van der Waals surface area contributed by atoms with Gasteiger partial charge in [0.15, 0.2) is 0 Å². The zero-order valence-corrected chi connectivity index (χ0v) is 27.0. The number of H-pyrrole nitrogens is 1. The van der Waals surface area contributed by atoms with Crippen LogP contribution in [0.5, 0.6) is 0 Å². The second-order valence-corrected chi connectivity index (χ2v) is 27.1. The fourth-order valence-corrected chi connectivity index (χ4v) is 3.50. The number of halogens is 6. The third-order valence-corrected chi connectivity index (χ3v) is 6.24. The number of benzene rings is 2. The number of hydrogen-bond acceptors (Lipinski definition) is 7. The maximum Gasteiger partial charge on any atom is 0.270 e. The monoisotopic (exact) mass is 882 g/mol. The van der Waals surface area contributed by atoms with Crippen LogP contribution in [0.2, 0.25) is 0 Å². The van der Waals surface area contributed by atoms with Gasteiger partial charge in [-0.2, -0.15) is 0 Å². The van der Waals surface area contributed by atoms with Gasteiger partial charge in [-0.3, -0.25) is 29.6 Å². The van der Waals surface area contributed by atoms with Gasteiger partial charge in [-0.15, -0.1) is 0 Å². The Hall–Kier alpha value is -1.03. The second-order valence-electron chi connectivity index (χ2n) is 6.27. The summed E-state index contributed by atoms with van der Waals surface area (Å²) >= 11 is 17.9. The highest BCUT2D eigenvalue weighted by molar-refractivity contribution is 9.94. The van der Waals surface area contributed by atoms with E-state index in [1.807, 2.05) is 0 Å². The molecule has 0 saturated carbocycles. The van der Waals surface area contributed by atoms with Crippen molar-refractivity contribution in [2.75, 3.05) is 0 Å². The molecular weight excluding hydrogens is 879 g/mol. The topological polar surface area (TPSA) is 149 Å². The summed E-state index contributed by atoms with van der Waals surface area (Å²) in [6, 6.07) is 12.2. The predicted octanol–water partition coefficient (Wildman–Crippen LogP) is 9.15. The molecule has 0 fully saturated rings. The van der Waals surface area contributed by atoms with Gasteiger partial charge >= 0.3 is 0 Å². The Bertz CT molecular complexity index is 1540. The van der Waals surface area contributed by atoms with Crippen LogP contribution < -0.4 is 5.56 Å². The summed E-state index contributed by atoms with van der Waals surface area (Å²) in [6.45, 7) is 0. The fraction of sp³-hybridized carbons (Fsp3) is 0. The average molecular weight is 888 g/mol. The molecule has 17 heteroatoms. The minimum Gasteiger partial charge on any atom is -0.321 e. The van der Waals surface area contributed by atoms with Crippen molar-refractivity contribution < 1.29 is 14.4 Å². The molecule has 1 N–H and O–H groups in total. The van der Waals surface area contributed by atoms with E-state index < -0.39 is 13.1 Å². The molecular formula is C18H9Br6N4O6P. The van der Waals surface area contributed by atoms with Crippen molar-refractivity contribution in [3.8, 4) is 0 Å². The molecule has 0 amide bonds. The molecule has 2 aromatic carbocycles. The van der Waals surface area contributed by atoms with Crippen molar-refractivity contribution in [3.05, 3.63) is 92.7 Å². The zero-order chi connectivity index (χ0) is 26.5. The number of rotatable bonds is 2. The molecule has 184 valence electrons. The maximum absolute atomic E-state index is 11.2. The number of non-ortho nitro benzene ring substituents is 2. The van der Waals surface area contributed by atoms with Crippen molar-refractivity contribution in [2.45, 2.75) is 0 Å². The number of hydrogen-bond donors (Lipinski definition) is 1. The number of nitro groups is 2. The van der Waals surface area contributed by atoms with Gasteiger partial charge in [0.2, 0.25) is 0 Å². The SMILES string of the molecule is O=P(Br)(Br)Br.O=[N+]([O-])c1ccc2nc(Br)c(Br)cc2c1.O=c1[nH]c2ccc([N+](=O)[O-])cc2cc1Br. The number of aromatic nitrogens is 2. The van der Waals surface area contributed by atoms with Gasteiger partial charge in [0.05, 0.1) is 24.3 Å². The van der Waals surface area contributed by atoms with Crippen LogP contribution in [0.4, 0.5) is 11.4 Å². The van der Waals surface area contributed by atoms with Crippen LogP contribution in [0.3, 0.4) is 0 Å². The van der Waals surface area contributed by atoms with Crippen molar-refractivity contribution in [3.63, 3.8) is 0 Å². The lowest BCUT2D eigenvalue weighted by atomic mass is 10.2. The molecule has 2 heterocycles. The molecule has 35 heavy (non-hydrogen) atoms. The highest BCUT2D eigenvalue weighted by Gasteiger charge is 2.09. The quantitative estimate of drug-likeness (QED) is 0.0914. The van der Waals surface area contributed by atoms with Gasteiger partial charge in [-0.1, -0.05) is 0 Å². The Morgan fingerprint density at radius 3 is 1.83 bits per heavy atom. The second kappa shape index (κ2) is 13.0. The summed E-state index contributed by atoms with van der Waals surface area (Å²) in [6.07, 6.45) is 0. The molecule has 0 aliphatic heterocycles. The van der Waals surface area contributed by atoms with E-state index in [1.54, 1.807) is 18.2 Å². The van der Waals surface area contributed by atoms with E-state index in [4.69, 9.17) is 0 Å². The van der Waals surface area contributed by atoms with E-state index in [2.05, 4.69) is 104 Å². The Labute approximate surface area is 245 Å². The standard InChI is InChI=1S/C9H4Br2N2O2.C9H5BrN2O3.Br3OP/c10-7-4-5-3-6(13(14)15)1-2-8(5)12-9(7)11;10-7-4-5-3-6(12(14)15)1-2-8(5)11-9(7)13;1-5(2,3)4/h1-4H;1-4H,(H,11,13);. The highest BCUT2D eigenvalue weighted by Crippen LogP contribution is 2.68. The maximum atomic E-state index is 11.2. The Morgan fingerprint density at radius 2 is 1.29 bits per heavy atom. The van der Waals surface area contributed by atoms with E-state index in [9.17, 15) is 29.6 Å². The van der Waals surface area contributed by atoms with Crippen LogP contribution >= 0.6 is 97.5 Å². The minimum atomic E-state index is -2.20. The molecule has 2 aromatic heterocycles. The van der Waals surface area contributed by atoms with Crippen LogP contribution in [0.25, 0.3) is 21.8 Å². The Morgan fingerprint density at radius 1 is 0.800 bits per heavy atom. The molecule has 0 spiro atoms. The average Bonchev–Trinajstić information content (AvgIpc) is 2.74. The molecule has 10 nitrogen and oxygen atoms in total. The predicted molar refractivity (Wildman–Crippen MR) is 157 cm³/mol. The van der Waals surface area contributed by atoms with Crippen LogP contribution in [0, 0.1) is 20.2 Å². The summed E-state index contributed by atoms with van der Waals surface area (Å²) in [5, 5.41) is 22.4. The minimum absolute atomic E-state index is 0.00134. The molecule has 0 radical (unpaired) electrons. The molecule has 4 aromatic rings. The van der Waals surface area contributed by atoms with Crippen molar-refractivity contribution >= 4 is 131 Å². The van der Waals surface area contributed by atoms with E-state index in [0.717, 1.165) is 15.4 Å². The normalized spacial score (nSPS) is 10.7. The number of nitrogens with zero attached hydrogens (tertiary/aromatic N) is 3. The summed E-state index contributed by atoms with van der Waals surface area (Å²) < 4.78 is 9.58. The molecule has 0 unspecified atom stereocenters. The van der Waals surface area contributed by atoms with Crippen LogP contribution in [-0.4, -0.2) is 19.8 Å². The zero-order valence-electron chi connectivity index (χ0n) is 16.6. The number of nitro benzene ring substituents is 2. The lowest BCUT2D eigenvalue weighted by molar-refractivity contribution is -0.384. The number of fused-ring (bicyclic) bond motifs is 2. The van der Waals surface area contributed by atoms with E-state index >= 15 is 0 Å². The van der Waals surface area contributed by atoms with Gasteiger partial charge < -0.3 is 4.98 Å². The fourth-order valence-electron chi connectivity index (χ4n) is 2.51. The first-order chi connectivity index (χ1) is 16.2. The first-order valence-corrected chi connectivity index (χ1v) is 18.9. The van der Waals surface area contributed by atoms with Crippen molar-refractivity contribution in [1.29, 1.82) is 0 Å². The third kappa shape index (κ3) is 9.74. The number of nitrogens with one attached hydrogen (secondary N) is 1. The van der Waals surface area contributed by atoms with E-state index in [-0.39, 0.29) is 16.9 Å². The van der Waals surface area contributed by atoms with Crippen LogP contribution in [0.15, 0.2) is 66.9 Å². The van der Waals surface area contributed by atoms with E-state index in [1.165, 1.54) is 30.3 Å². The molecule has 0 saturated heterocycles. The van der Waals surface area contributed by atoms with Gasteiger partial charge in [-0.05, 0) is 72.1 Å². The Balaban J connectivity index is 0.000000208. The lowest BCUT2D eigenvalue weighted by Crippen LogP contribution is -2.05. The first kappa shape index (κ1) is 30.2. The molecule has 4 rings (SSSR count). The van der Waals surface area contributed by atoms with Gasteiger partial charge in [0.25, 0.3) is 20.2 Å². The summed E-state index contributed by atoms with van der Waals surface area (Å²) in [5.74, 6) is 0. The lowest BCUT2D eigenvalue weighted by Gasteiger charge is -2.00. The van der Waals surface area contributed by atoms with Gasteiger partial charge in [0, 0.05) is 87.0 Å². The van der Waals surface area contributed by atoms with Crippen LogP contribution in [-0.2, 0) is 4.57 Å². The van der Waals surface area contributed by atoms with Crippen LogP contribution in [0.1, 0.15) is 0 Å². The molecule has 0 aliphatic carbocycles. The highest BCUT2D eigenvalue weighted by atomic mass is 80.0. The molecule has 0 bridgehead atoms. The number of pyridine rings is 2. The summed E-state index contributed by atoms with van der Waals surface area (Å²) in [4.78, 5) is 38.2. The summed E-state index contributed by atoms with van der Waals surface area (Å²) in [7, 11) is 0. The third-order valence-electron chi connectivity index (χ3n) is 3.91. The summed E-state index contributed by atoms with van der Waals surface area (Å²) in [5.41, 5.74) is 1.11. The van der Waals surface area contributed by atoms with Crippen molar-refractivity contribution in [2.24, 2.45) is 0 Å². The first-order valence-electron chi connectivity index (χ1n) is 8.72.